The number of ether oxygens (including phenoxy) is 1. The summed E-state index contributed by atoms with van der Waals surface area (Å²) in [6, 6.07) is 7.15. The van der Waals surface area contributed by atoms with Crippen LogP contribution in [0.15, 0.2) is 33.7 Å². The molecule has 1 aliphatic heterocycles. The number of sulfonamides is 1. The third-order valence-corrected chi connectivity index (χ3v) is 6.69. The molecular formula is C18H23N3O5S. The highest BCUT2D eigenvalue weighted by Crippen LogP contribution is 2.25. The molecule has 0 radical (unpaired) electrons. The number of piperazine rings is 1. The highest BCUT2D eigenvalue weighted by molar-refractivity contribution is 7.89. The first kappa shape index (κ1) is 19.4. The van der Waals surface area contributed by atoms with Gasteiger partial charge in [-0.15, -0.1) is 0 Å². The van der Waals surface area contributed by atoms with Crippen LogP contribution in [-0.2, 0) is 14.8 Å². The van der Waals surface area contributed by atoms with Crippen LogP contribution < -0.4 is 4.90 Å². The number of benzene rings is 1. The van der Waals surface area contributed by atoms with Crippen molar-refractivity contribution >= 4 is 21.7 Å². The summed E-state index contributed by atoms with van der Waals surface area (Å²) in [6.07, 6.45) is 0. The Hall–Kier alpha value is -2.39. The summed E-state index contributed by atoms with van der Waals surface area (Å²) in [6.45, 7) is 7.18. The quantitative estimate of drug-likeness (QED) is 0.717. The van der Waals surface area contributed by atoms with Crippen molar-refractivity contribution in [3.8, 4) is 0 Å². The lowest BCUT2D eigenvalue weighted by molar-refractivity contribution is 0.0526. The van der Waals surface area contributed by atoms with Gasteiger partial charge in [0.2, 0.25) is 10.0 Å². The minimum absolute atomic E-state index is 0.162. The van der Waals surface area contributed by atoms with Crippen LogP contribution in [0.2, 0.25) is 0 Å². The number of carbonyl (C=O) groups excluding carboxylic acids is 1. The van der Waals surface area contributed by atoms with E-state index >= 15 is 0 Å². The molecule has 1 fully saturated rings. The topological polar surface area (TPSA) is 93.0 Å². The summed E-state index contributed by atoms with van der Waals surface area (Å²) in [5.41, 5.74) is 1.82. The fraction of sp³-hybridized carbons (Fsp3) is 0.444. The minimum Gasteiger partial charge on any atom is -0.462 e. The number of aryl methyl sites for hydroxylation is 2. The van der Waals surface area contributed by atoms with E-state index in [2.05, 4.69) is 10.1 Å². The second-order valence-corrected chi connectivity index (χ2v) is 8.19. The van der Waals surface area contributed by atoms with Gasteiger partial charge in [0.1, 0.15) is 10.6 Å². The van der Waals surface area contributed by atoms with E-state index in [0.717, 1.165) is 5.69 Å². The Labute approximate surface area is 158 Å². The van der Waals surface area contributed by atoms with Crippen molar-refractivity contribution in [2.75, 3.05) is 37.7 Å². The largest absolute Gasteiger partial charge is 0.462 e. The number of hydrogen-bond donors (Lipinski definition) is 0. The molecule has 0 amide bonds. The molecule has 146 valence electrons. The Morgan fingerprint density at radius 1 is 1.15 bits per heavy atom. The monoisotopic (exact) mass is 393 g/mol. The molecule has 0 saturated carbocycles. The molecule has 3 rings (SSSR count). The van der Waals surface area contributed by atoms with E-state index in [-0.39, 0.29) is 10.9 Å². The van der Waals surface area contributed by atoms with Gasteiger partial charge in [-0.25, -0.2) is 13.2 Å². The van der Waals surface area contributed by atoms with E-state index in [1.807, 2.05) is 12.1 Å². The predicted octanol–water partition coefficient (Wildman–Crippen LogP) is 1.98. The molecule has 2 aromatic rings. The zero-order valence-corrected chi connectivity index (χ0v) is 16.5. The lowest BCUT2D eigenvalue weighted by Crippen LogP contribution is -2.48. The van der Waals surface area contributed by atoms with Crippen LogP contribution in [0.25, 0.3) is 0 Å². The smallest absolute Gasteiger partial charge is 0.338 e. The molecule has 1 saturated heterocycles. The average Bonchev–Trinajstić information content (AvgIpc) is 3.01. The molecule has 1 aromatic carbocycles. The van der Waals surface area contributed by atoms with Crippen molar-refractivity contribution in [1.82, 2.24) is 9.46 Å². The van der Waals surface area contributed by atoms with Crippen LogP contribution in [0.4, 0.5) is 5.69 Å². The van der Waals surface area contributed by atoms with Crippen LogP contribution in [0.5, 0.6) is 0 Å². The van der Waals surface area contributed by atoms with Crippen molar-refractivity contribution in [2.24, 2.45) is 0 Å². The van der Waals surface area contributed by atoms with Gasteiger partial charge in [0.25, 0.3) is 0 Å². The molecule has 8 nitrogen and oxygen atoms in total. The number of aromatic nitrogens is 1. The zero-order chi connectivity index (χ0) is 19.6. The molecule has 0 N–H and O–H groups in total. The maximum Gasteiger partial charge on any atom is 0.338 e. The molecule has 0 bridgehead atoms. The van der Waals surface area contributed by atoms with Gasteiger partial charge in [0.05, 0.1) is 12.2 Å². The Bertz CT molecular complexity index is 893. The summed E-state index contributed by atoms with van der Waals surface area (Å²) in [4.78, 5) is 14.0. The van der Waals surface area contributed by atoms with E-state index in [9.17, 15) is 13.2 Å². The first-order chi connectivity index (χ1) is 12.8. The van der Waals surface area contributed by atoms with E-state index in [1.54, 1.807) is 32.9 Å². The van der Waals surface area contributed by atoms with Gasteiger partial charge >= 0.3 is 5.97 Å². The highest BCUT2D eigenvalue weighted by Gasteiger charge is 2.33. The van der Waals surface area contributed by atoms with Gasteiger partial charge in [-0.05, 0) is 45.0 Å². The van der Waals surface area contributed by atoms with Crippen molar-refractivity contribution in [1.29, 1.82) is 0 Å². The fourth-order valence-corrected chi connectivity index (χ4v) is 4.89. The van der Waals surface area contributed by atoms with Crippen LogP contribution in [0.3, 0.4) is 0 Å². The van der Waals surface area contributed by atoms with Crippen molar-refractivity contribution in [3.05, 3.63) is 41.3 Å². The molecule has 9 heteroatoms. The summed E-state index contributed by atoms with van der Waals surface area (Å²) < 4.78 is 37.2. The lowest BCUT2D eigenvalue weighted by Gasteiger charge is -2.35. The third-order valence-electron chi connectivity index (χ3n) is 4.55. The molecule has 0 aliphatic carbocycles. The number of carbonyl (C=O) groups is 1. The molecule has 0 atom stereocenters. The highest BCUT2D eigenvalue weighted by atomic mass is 32.2. The lowest BCUT2D eigenvalue weighted by atomic mass is 10.2. The first-order valence-corrected chi connectivity index (χ1v) is 10.2. The van der Waals surface area contributed by atoms with Gasteiger partial charge < -0.3 is 14.2 Å². The number of hydrogen-bond acceptors (Lipinski definition) is 7. The molecular weight excluding hydrogens is 370 g/mol. The SMILES string of the molecule is CCOC(=O)c1ccc(N2CCN(S(=O)(=O)c3c(C)noc3C)CC2)cc1. The first-order valence-electron chi connectivity index (χ1n) is 8.79. The molecule has 1 aliphatic rings. The van der Waals surface area contributed by atoms with E-state index in [4.69, 9.17) is 9.26 Å². The van der Waals surface area contributed by atoms with Gasteiger partial charge in [-0.2, -0.15) is 4.31 Å². The van der Waals surface area contributed by atoms with Gasteiger partial charge in [0.15, 0.2) is 5.76 Å². The van der Waals surface area contributed by atoms with E-state index in [1.165, 1.54) is 4.31 Å². The second-order valence-electron chi connectivity index (χ2n) is 6.31. The molecule has 2 heterocycles. The van der Waals surface area contributed by atoms with Crippen molar-refractivity contribution < 1.29 is 22.5 Å². The molecule has 1 aromatic heterocycles. The number of rotatable bonds is 5. The fourth-order valence-electron chi connectivity index (χ4n) is 3.18. The Morgan fingerprint density at radius 3 is 2.30 bits per heavy atom. The van der Waals surface area contributed by atoms with E-state index in [0.29, 0.717) is 49.8 Å². The Balaban J connectivity index is 1.68. The summed E-state index contributed by atoms with van der Waals surface area (Å²) in [7, 11) is -3.62. The van der Waals surface area contributed by atoms with E-state index < -0.39 is 10.0 Å². The zero-order valence-electron chi connectivity index (χ0n) is 15.6. The van der Waals surface area contributed by atoms with Crippen LogP contribution in [-0.4, -0.2) is 56.6 Å². The Kier molecular flexibility index (Phi) is 5.52. The second kappa shape index (κ2) is 7.69. The maximum absolute atomic E-state index is 12.9. The van der Waals surface area contributed by atoms with Crippen LogP contribution >= 0.6 is 0 Å². The van der Waals surface area contributed by atoms with Gasteiger partial charge in [-0.3, -0.25) is 0 Å². The third kappa shape index (κ3) is 3.84. The average molecular weight is 393 g/mol. The van der Waals surface area contributed by atoms with Gasteiger partial charge in [-0.1, -0.05) is 5.16 Å². The minimum atomic E-state index is -3.62. The normalized spacial score (nSPS) is 15.7. The molecule has 0 spiro atoms. The summed E-state index contributed by atoms with van der Waals surface area (Å²) in [5.74, 6) is -0.0380. The Morgan fingerprint density at radius 2 is 1.78 bits per heavy atom. The van der Waals surface area contributed by atoms with Crippen molar-refractivity contribution in [3.63, 3.8) is 0 Å². The number of nitrogens with zero attached hydrogens (tertiary/aromatic N) is 3. The summed E-state index contributed by atoms with van der Waals surface area (Å²) in [5, 5.41) is 3.75. The van der Waals surface area contributed by atoms with Gasteiger partial charge in [0, 0.05) is 31.9 Å². The maximum atomic E-state index is 12.9. The van der Waals surface area contributed by atoms with Crippen molar-refractivity contribution in [2.45, 2.75) is 25.7 Å². The predicted molar refractivity (Wildman–Crippen MR) is 99.3 cm³/mol. The number of esters is 1. The molecule has 27 heavy (non-hydrogen) atoms. The van der Waals surface area contributed by atoms with Crippen LogP contribution in [0.1, 0.15) is 28.7 Å². The number of anilines is 1. The van der Waals surface area contributed by atoms with Crippen LogP contribution in [0, 0.1) is 13.8 Å². The standard InChI is InChI=1S/C18H23N3O5S/c1-4-25-18(22)15-5-7-16(8-6-15)20-9-11-21(12-10-20)27(23,24)17-13(2)19-26-14(17)3/h5-8H,4,9-12H2,1-3H3. The summed E-state index contributed by atoms with van der Waals surface area (Å²) >= 11 is 0. The molecule has 0 unspecified atom stereocenters.